The lowest BCUT2D eigenvalue weighted by atomic mass is 10.2. The number of guanidine groups is 1. The van der Waals surface area contributed by atoms with Gasteiger partial charge in [0.05, 0.1) is 0 Å². The van der Waals surface area contributed by atoms with Gasteiger partial charge >= 0.3 is 0 Å². The van der Waals surface area contributed by atoms with Gasteiger partial charge in [0, 0.05) is 31.1 Å². The lowest BCUT2D eigenvalue weighted by Gasteiger charge is -2.14. The third-order valence-electron chi connectivity index (χ3n) is 2.40. The number of rotatable bonds is 6. The summed E-state index contributed by atoms with van der Waals surface area (Å²) in [5.74, 6) is 2.29. The van der Waals surface area contributed by atoms with Crippen molar-refractivity contribution >= 4 is 41.7 Å². The predicted octanol–water partition coefficient (Wildman–Crippen LogP) is 3.25. The highest BCUT2D eigenvalue weighted by atomic mass is 127. The SMILES string of the molecule is CN=C(NCCSCc1ccccc1F)NC(C)C.I. The van der Waals surface area contributed by atoms with Gasteiger partial charge in [0.15, 0.2) is 5.96 Å². The summed E-state index contributed by atoms with van der Waals surface area (Å²) in [6.07, 6.45) is 0. The molecule has 0 aliphatic carbocycles. The molecule has 1 aromatic carbocycles. The van der Waals surface area contributed by atoms with Crippen LogP contribution in [0.1, 0.15) is 19.4 Å². The molecule has 6 heteroatoms. The van der Waals surface area contributed by atoms with Crippen LogP contribution < -0.4 is 10.6 Å². The highest BCUT2D eigenvalue weighted by molar-refractivity contribution is 14.0. The molecule has 0 aromatic heterocycles. The zero-order chi connectivity index (χ0) is 14.1. The average molecular weight is 411 g/mol. The van der Waals surface area contributed by atoms with Crippen molar-refractivity contribution < 1.29 is 4.39 Å². The molecule has 3 nitrogen and oxygen atoms in total. The zero-order valence-corrected chi connectivity index (χ0v) is 15.3. The number of halogens is 2. The lowest BCUT2D eigenvalue weighted by Crippen LogP contribution is -2.41. The summed E-state index contributed by atoms with van der Waals surface area (Å²) in [6, 6.07) is 7.27. The van der Waals surface area contributed by atoms with Gasteiger partial charge < -0.3 is 10.6 Å². The third-order valence-corrected chi connectivity index (χ3v) is 3.41. The van der Waals surface area contributed by atoms with E-state index in [9.17, 15) is 4.39 Å². The van der Waals surface area contributed by atoms with Gasteiger partial charge in [-0.3, -0.25) is 4.99 Å². The van der Waals surface area contributed by atoms with Crippen LogP contribution in [0.3, 0.4) is 0 Å². The summed E-state index contributed by atoms with van der Waals surface area (Å²) < 4.78 is 13.4. The molecular weight excluding hydrogens is 388 g/mol. The van der Waals surface area contributed by atoms with Crippen LogP contribution in [-0.2, 0) is 5.75 Å². The van der Waals surface area contributed by atoms with Crippen LogP contribution in [0.2, 0.25) is 0 Å². The Balaban J connectivity index is 0.00000361. The van der Waals surface area contributed by atoms with Crippen molar-refractivity contribution in [2.45, 2.75) is 25.6 Å². The molecule has 1 aromatic rings. The van der Waals surface area contributed by atoms with Crippen LogP contribution in [-0.4, -0.2) is 31.3 Å². The molecule has 0 amide bonds. The smallest absolute Gasteiger partial charge is 0.191 e. The monoisotopic (exact) mass is 411 g/mol. The van der Waals surface area contributed by atoms with E-state index < -0.39 is 0 Å². The number of nitrogens with zero attached hydrogens (tertiary/aromatic N) is 1. The molecule has 0 saturated heterocycles. The van der Waals surface area contributed by atoms with Crippen molar-refractivity contribution in [1.29, 1.82) is 0 Å². The molecule has 0 atom stereocenters. The molecule has 0 aliphatic rings. The van der Waals surface area contributed by atoms with Crippen LogP contribution in [0.25, 0.3) is 0 Å². The van der Waals surface area contributed by atoms with Crippen LogP contribution >= 0.6 is 35.7 Å². The zero-order valence-electron chi connectivity index (χ0n) is 12.1. The maximum Gasteiger partial charge on any atom is 0.191 e. The topological polar surface area (TPSA) is 36.4 Å². The lowest BCUT2D eigenvalue weighted by molar-refractivity contribution is 0.617. The Morgan fingerprint density at radius 3 is 2.65 bits per heavy atom. The van der Waals surface area contributed by atoms with E-state index in [-0.39, 0.29) is 29.8 Å². The van der Waals surface area contributed by atoms with E-state index in [1.165, 1.54) is 6.07 Å². The minimum Gasteiger partial charge on any atom is -0.356 e. The molecule has 0 aliphatic heterocycles. The number of benzene rings is 1. The van der Waals surface area contributed by atoms with E-state index in [0.29, 0.717) is 11.8 Å². The Labute approximate surface area is 142 Å². The first-order valence-electron chi connectivity index (χ1n) is 6.41. The Morgan fingerprint density at radius 2 is 2.05 bits per heavy atom. The van der Waals surface area contributed by atoms with Gasteiger partial charge in [0.2, 0.25) is 0 Å². The number of aliphatic imine (C=N–C) groups is 1. The van der Waals surface area contributed by atoms with Crippen LogP contribution in [0.15, 0.2) is 29.3 Å². The minimum absolute atomic E-state index is 0. The Morgan fingerprint density at radius 1 is 1.35 bits per heavy atom. The summed E-state index contributed by atoms with van der Waals surface area (Å²) in [7, 11) is 1.75. The second-order valence-corrected chi connectivity index (χ2v) is 5.55. The fourth-order valence-electron chi connectivity index (χ4n) is 1.51. The van der Waals surface area contributed by atoms with E-state index in [0.717, 1.165) is 23.8 Å². The maximum absolute atomic E-state index is 13.4. The highest BCUT2D eigenvalue weighted by Crippen LogP contribution is 2.14. The quantitative estimate of drug-likeness (QED) is 0.327. The summed E-state index contributed by atoms with van der Waals surface area (Å²) in [4.78, 5) is 4.12. The normalized spacial score (nSPS) is 11.2. The average Bonchev–Trinajstić information content (AvgIpc) is 2.38. The molecule has 20 heavy (non-hydrogen) atoms. The highest BCUT2D eigenvalue weighted by Gasteiger charge is 2.01. The molecular formula is C14H23FIN3S. The van der Waals surface area contributed by atoms with Gasteiger partial charge in [0.25, 0.3) is 0 Å². The molecule has 1 rings (SSSR count). The second-order valence-electron chi connectivity index (χ2n) is 4.44. The number of hydrogen-bond donors (Lipinski definition) is 2. The molecule has 0 radical (unpaired) electrons. The summed E-state index contributed by atoms with van der Waals surface area (Å²) in [5.41, 5.74) is 0.761. The number of thioether (sulfide) groups is 1. The van der Waals surface area contributed by atoms with Gasteiger partial charge in [-0.05, 0) is 25.5 Å². The summed E-state index contributed by atoms with van der Waals surface area (Å²) in [5, 5.41) is 6.44. The van der Waals surface area contributed by atoms with Crippen LogP contribution in [0.4, 0.5) is 4.39 Å². The van der Waals surface area contributed by atoms with Gasteiger partial charge in [-0.2, -0.15) is 11.8 Å². The van der Waals surface area contributed by atoms with Gasteiger partial charge in [-0.1, -0.05) is 18.2 Å². The molecule has 0 fully saturated rings. The predicted molar refractivity (Wildman–Crippen MR) is 97.6 cm³/mol. The summed E-state index contributed by atoms with van der Waals surface area (Å²) in [6.45, 7) is 4.95. The van der Waals surface area contributed by atoms with E-state index in [4.69, 9.17) is 0 Å². The first-order valence-corrected chi connectivity index (χ1v) is 7.57. The number of hydrogen-bond acceptors (Lipinski definition) is 2. The molecule has 2 N–H and O–H groups in total. The molecule has 114 valence electrons. The van der Waals surface area contributed by atoms with Crippen molar-refractivity contribution in [2.75, 3.05) is 19.3 Å². The van der Waals surface area contributed by atoms with E-state index >= 15 is 0 Å². The second kappa shape index (κ2) is 11.2. The van der Waals surface area contributed by atoms with Gasteiger partial charge in [-0.15, -0.1) is 24.0 Å². The summed E-state index contributed by atoms with van der Waals surface area (Å²) >= 11 is 1.71. The fraction of sp³-hybridized carbons (Fsp3) is 0.500. The van der Waals surface area contributed by atoms with Gasteiger partial charge in [0.1, 0.15) is 5.82 Å². The van der Waals surface area contributed by atoms with Crippen LogP contribution in [0.5, 0.6) is 0 Å². The van der Waals surface area contributed by atoms with E-state index in [1.807, 2.05) is 12.1 Å². The Kier molecular flexibility index (Phi) is 10.9. The van der Waals surface area contributed by atoms with E-state index in [2.05, 4.69) is 29.5 Å². The van der Waals surface area contributed by atoms with Gasteiger partial charge in [-0.25, -0.2) is 4.39 Å². The molecule has 0 bridgehead atoms. The first-order chi connectivity index (χ1) is 9.13. The largest absolute Gasteiger partial charge is 0.356 e. The van der Waals surface area contributed by atoms with Crippen molar-refractivity contribution in [3.8, 4) is 0 Å². The maximum atomic E-state index is 13.4. The van der Waals surface area contributed by atoms with Crippen molar-refractivity contribution in [2.24, 2.45) is 4.99 Å². The van der Waals surface area contributed by atoms with E-state index in [1.54, 1.807) is 24.9 Å². The fourth-order valence-corrected chi connectivity index (χ4v) is 2.35. The molecule has 0 spiro atoms. The van der Waals surface area contributed by atoms with Crippen molar-refractivity contribution in [1.82, 2.24) is 10.6 Å². The molecule has 0 unspecified atom stereocenters. The Bertz CT molecular complexity index is 413. The van der Waals surface area contributed by atoms with Crippen molar-refractivity contribution in [3.05, 3.63) is 35.6 Å². The standard InChI is InChI=1S/C14H22FN3S.HI/c1-11(2)18-14(16-3)17-8-9-19-10-12-6-4-5-7-13(12)15;/h4-7,11H,8-10H2,1-3H3,(H2,16,17,18);1H. The Hall–Kier alpha value is -0.500. The van der Waals surface area contributed by atoms with Crippen LogP contribution in [0, 0.1) is 5.82 Å². The first kappa shape index (κ1) is 19.5. The number of nitrogens with one attached hydrogen (secondary N) is 2. The minimum atomic E-state index is -0.125. The van der Waals surface area contributed by atoms with Crippen molar-refractivity contribution in [3.63, 3.8) is 0 Å². The third kappa shape index (κ3) is 7.94. The molecule has 0 saturated carbocycles. The molecule has 0 heterocycles.